The maximum absolute atomic E-state index is 12.0. The van der Waals surface area contributed by atoms with E-state index < -0.39 is 0 Å². The van der Waals surface area contributed by atoms with Crippen molar-refractivity contribution >= 4 is 5.97 Å². The number of hydrogen-bond acceptors (Lipinski definition) is 3. The third kappa shape index (κ3) is 1.67. The third-order valence-electron chi connectivity index (χ3n) is 3.94. The summed E-state index contributed by atoms with van der Waals surface area (Å²) in [7, 11) is 1.50. The molecule has 0 spiro atoms. The van der Waals surface area contributed by atoms with Gasteiger partial charge in [0, 0.05) is 6.04 Å². The van der Waals surface area contributed by atoms with E-state index in [2.05, 4.69) is 19.2 Å². The van der Waals surface area contributed by atoms with Crippen molar-refractivity contribution in [1.82, 2.24) is 5.32 Å². The van der Waals surface area contributed by atoms with E-state index in [9.17, 15) is 4.79 Å². The monoisotopic (exact) mass is 211 g/mol. The summed E-state index contributed by atoms with van der Waals surface area (Å²) in [5.74, 6) is 1.18. The molecule has 0 aromatic heterocycles. The maximum atomic E-state index is 12.0. The van der Waals surface area contributed by atoms with Crippen LogP contribution in [-0.2, 0) is 9.53 Å². The molecule has 0 aromatic rings. The molecule has 2 fully saturated rings. The van der Waals surface area contributed by atoms with Crippen LogP contribution in [0, 0.1) is 11.8 Å². The largest absolute Gasteiger partial charge is 0.468 e. The molecule has 2 aliphatic carbocycles. The summed E-state index contributed by atoms with van der Waals surface area (Å²) in [5, 5.41) is 3.46. The van der Waals surface area contributed by atoms with Crippen LogP contribution in [-0.4, -0.2) is 24.7 Å². The van der Waals surface area contributed by atoms with Gasteiger partial charge in [0.1, 0.15) is 5.54 Å². The Bertz CT molecular complexity index is 264. The molecule has 0 saturated heterocycles. The second-order valence-electron chi connectivity index (χ2n) is 5.34. The Morgan fingerprint density at radius 1 is 1.47 bits per heavy atom. The molecule has 2 saturated carbocycles. The van der Waals surface area contributed by atoms with Crippen molar-refractivity contribution in [3.63, 3.8) is 0 Å². The lowest BCUT2D eigenvalue weighted by Gasteiger charge is -2.37. The number of fused-ring (bicyclic) bond motifs is 2. The predicted molar refractivity (Wildman–Crippen MR) is 58.5 cm³/mol. The van der Waals surface area contributed by atoms with E-state index in [1.54, 1.807) is 0 Å². The van der Waals surface area contributed by atoms with Crippen LogP contribution in [0.25, 0.3) is 0 Å². The molecule has 3 nitrogen and oxygen atoms in total. The molecule has 2 rings (SSSR count). The minimum Gasteiger partial charge on any atom is -0.468 e. The SMILES string of the molecule is COC(=O)C1(NC(C)C)CC2CCC1C2. The summed E-state index contributed by atoms with van der Waals surface area (Å²) in [6.07, 6.45) is 4.65. The number of rotatable bonds is 3. The van der Waals surface area contributed by atoms with Gasteiger partial charge < -0.3 is 4.74 Å². The standard InChI is InChI=1S/C12H21NO2/c1-8(2)13-12(11(14)15-3)7-9-4-5-10(12)6-9/h8-10,13H,4-7H2,1-3H3. The van der Waals surface area contributed by atoms with E-state index in [0.29, 0.717) is 12.0 Å². The van der Waals surface area contributed by atoms with Gasteiger partial charge in [0.2, 0.25) is 0 Å². The van der Waals surface area contributed by atoms with Gasteiger partial charge in [-0.2, -0.15) is 0 Å². The van der Waals surface area contributed by atoms with Gasteiger partial charge in [0.25, 0.3) is 0 Å². The molecule has 1 N–H and O–H groups in total. The first-order valence-electron chi connectivity index (χ1n) is 5.94. The van der Waals surface area contributed by atoms with Crippen LogP contribution in [0.3, 0.4) is 0 Å². The molecular weight excluding hydrogens is 190 g/mol. The van der Waals surface area contributed by atoms with Crippen LogP contribution in [0.4, 0.5) is 0 Å². The number of carbonyl (C=O) groups is 1. The fourth-order valence-corrected chi connectivity index (χ4v) is 3.51. The Labute approximate surface area is 91.6 Å². The number of hydrogen-bond donors (Lipinski definition) is 1. The topological polar surface area (TPSA) is 38.3 Å². The van der Waals surface area contributed by atoms with Gasteiger partial charge in [-0.25, -0.2) is 0 Å². The highest BCUT2D eigenvalue weighted by atomic mass is 16.5. The summed E-state index contributed by atoms with van der Waals surface area (Å²) < 4.78 is 4.99. The van der Waals surface area contributed by atoms with Gasteiger partial charge in [-0.15, -0.1) is 0 Å². The Kier molecular flexibility index (Phi) is 2.75. The summed E-state index contributed by atoms with van der Waals surface area (Å²) in [5.41, 5.74) is -0.369. The first-order chi connectivity index (χ1) is 7.08. The molecule has 0 amide bonds. The first kappa shape index (κ1) is 10.9. The van der Waals surface area contributed by atoms with E-state index in [1.807, 2.05) is 0 Å². The number of methoxy groups -OCH3 is 1. The molecule has 0 aromatic carbocycles. The van der Waals surface area contributed by atoms with Gasteiger partial charge >= 0.3 is 5.97 Å². The van der Waals surface area contributed by atoms with Crippen LogP contribution in [0.2, 0.25) is 0 Å². The second kappa shape index (κ2) is 3.78. The van der Waals surface area contributed by atoms with Crippen LogP contribution in [0.5, 0.6) is 0 Å². The Balaban J connectivity index is 2.20. The zero-order chi connectivity index (χ0) is 11.1. The predicted octanol–water partition coefficient (Wildman–Crippen LogP) is 1.72. The summed E-state index contributed by atoms with van der Waals surface area (Å²) in [6.45, 7) is 4.19. The average molecular weight is 211 g/mol. The minimum atomic E-state index is -0.369. The van der Waals surface area contributed by atoms with Gasteiger partial charge in [-0.1, -0.05) is 6.42 Å². The highest BCUT2D eigenvalue weighted by molar-refractivity contribution is 5.82. The molecule has 2 aliphatic rings. The van der Waals surface area contributed by atoms with Crippen molar-refractivity contribution in [2.75, 3.05) is 7.11 Å². The highest BCUT2D eigenvalue weighted by Crippen LogP contribution is 2.51. The number of ether oxygens (including phenoxy) is 1. The Hall–Kier alpha value is -0.570. The Morgan fingerprint density at radius 2 is 2.20 bits per heavy atom. The molecule has 0 aliphatic heterocycles. The molecule has 3 heteroatoms. The van der Waals surface area contributed by atoms with Gasteiger partial charge in [0.15, 0.2) is 0 Å². The summed E-state index contributed by atoms with van der Waals surface area (Å²) in [4.78, 5) is 12.0. The lowest BCUT2D eigenvalue weighted by atomic mass is 9.80. The molecule has 3 atom stereocenters. The van der Waals surface area contributed by atoms with Crippen molar-refractivity contribution in [2.45, 2.75) is 51.1 Å². The molecule has 3 unspecified atom stereocenters. The fraction of sp³-hybridized carbons (Fsp3) is 0.917. The third-order valence-corrected chi connectivity index (χ3v) is 3.94. The molecule has 0 radical (unpaired) electrons. The van der Waals surface area contributed by atoms with Crippen LogP contribution in [0.1, 0.15) is 39.5 Å². The van der Waals surface area contributed by atoms with E-state index in [1.165, 1.54) is 26.4 Å². The number of nitrogens with one attached hydrogen (secondary N) is 1. The summed E-state index contributed by atoms with van der Waals surface area (Å²) in [6, 6.07) is 0.337. The zero-order valence-electron chi connectivity index (χ0n) is 9.88. The molecular formula is C12H21NO2. The summed E-state index contributed by atoms with van der Waals surface area (Å²) >= 11 is 0. The Morgan fingerprint density at radius 3 is 2.60 bits per heavy atom. The van der Waals surface area contributed by atoms with Gasteiger partial charge in [-0.05, 0) is 44.9 Å². The van der Waals surface area contributed by atoms with Gasteiger partial charge in [0.05, 0.1) is 7.11 Å². The van der Waals surface area contributed by atoms with E-state index in [-0.39, 0.29) is 11.5 Å². The molecule has 0 heterocycles. The minimum absolute atomic E-state index is 0.0524. The van der Waals surface area contributed by atoms with Crippen molar-refractivity contribution in [3.8, 4) is 0 Å². The van der Waals surface area contributed by atoms with Gasteiger partial charge in [-0.3, -0.25) is 10.1 Å². The first-order valence-corrected chi connectivity index (χ1v) is 5.94. The van der Waals surface area contributed by atoms with Crippen molar-refractivity contribution in [3.05, 3.63) is 0 Å². The van der Waals surface area contributed by atoms with Crippen molar-refractivity contribution < 1.29 is 9.53 Å². The molecule has 2 bridgehead atoms. The van der Waals surface area contributed by atoms with Crippen molar-refractivity contribution in [2.24, 2.45) is 11.8 Å². The maximum Gasteiger partial charge on any atom is 0.326 e. The van der Waals surface area contributed by atoms with E-state index in [0.717, 1.165) is 12.3 Å². The average Bonchev–Trinajstić information content (AvgIpc) is 2.75. The quantitative estimate of drug-likeness (QED) is 0.722. The molecule has 15 heavy (non-hydrogen) atoms. The fourth-order valence-electron chi connectivity index (χ4n) is 3.51. The smallest absolute Gasteiger partial charge is 0.326 e. The lowest BCUT2D eigenvalue weighted by molar-refractivity contribution is -0.151. The zero-order valence-corrected chi connectivity index (χ0v) is 9.88. The van der Waals surface area contributed by atoms with Crippen LogP contribution >= 0.6 is 0 Å². The van der Waals surface area contributed by atoms with E-state index in [4.69, 9.17) is 4.74 Å². The lowest BCUT2D eigenvalue weighted by Crippen LogP contribution is -2.58. The van der Waals surface area contributed by atoms with Crippen LogP contribution < -0.4 is 5.32 Å². The second-order valence-corrected chi connectivity index (χ2v) is 5.34. The van der Waals surface area contributed by atoms with E-state index >= 15 is 0 Å². The molecule has 86 valence electrons. The van der Waals surface area contributed by atoms with Crippen molar-refractivity contribution in [1.29, 1.82) is 0 Å². The number of carbonyl (C=O) groups excluding carboxylic acids is 1. The van der Waals surface area contributed by atoms with Crippen LogP contribution in [0.15, 0.2) is 0 Å². The number of esters is 1. The highest BCUT2D eigenvalue weighted by Gasteiger charge is 2.56. The normalized spacial score (nSPS) is 38.7.